The van der Waals surface area contributed by atoms with E-state index >= 15 is 0 Å². The maximum atomic E-state index is 13.3. The first-order valence-electron chi connectivity index (χ1n) is 12.7. The number of carbonyl (C=O) groups excluding carboxylic acids is 1. The van der Waals surface area contributed by atoms with Crippen molar-refractivity contribution in [2.75, 3.05) is 24.1 Å². The number of hydrogen-bond donors (Lipinski definition) is 3. The molecule has 9 heteroatoms. The normalized spacial score (nSPS) is 22.9. The fourth-order valence-electron chi connectivity index (χ4n) is 5.42. The summed E-state index contributed by atoms with van der Waals surface area (Å²) in [7, 11) is 0. The van der Waals surface area contributed by atoms with E-state index in [1.54, 1.807) is 10.8 Å². The summed E-state index contributed by atoms with van der Waals surface area (Å²) in [4.78, 5) is 37.3. The second-order valence-corrected chi connectivity index (χ2v) is 10.3. The summed E-state index contributed by atoms with van der Waals surface area (Å²) < 4.78 is 1.62. The standard InChI is InChI=1S/C26H34N6O3/c1-15(2)21-22(27)20-14-28-26(30-23(20)32(25(21)35)18-4-3-5-18)29-17-8-6-16(7-9-17)24(34)31-12-10-19(33)11-13-31/h3-5,14-17,19,33H,6-13,27H2,1-2H3,(H,28,29,30). The summed E-state index contributed by atoms with van der Waals surface area (Å²) in [5.74, 6) is 0.705. The Labute approximate surface area is 204 Å². The lowest BCUT2D eigenvalue weighted by atomic mass is 9.85. The average molecular weight is 479 g/mol. The molecule has 0 unspecified atom stereocenters. The van der Waals surface area contributed by atoms with Crippen LogP contribution in [-0.2, 0) is 4.79 Å². The van der Waals surface area contributed by atoms with E-state index in [-0.39, 0.29) is 35.4 Å². The van der Waals surface area contributed by atoms with Gasteiger partial charge < -0.3 is 21.1 Å². The maximum absolute atomic E-state index is 13.3. The first-order chi connectivity index (χ1) is 16.8. The summed E-state index contributed by atoms with van der Waals surface area (Å²) in [6.45, 7) is 5.22. The van der Waals surface area contributed by atoms with E-state index in [1.807, 2.05) is 37.0 Å². The Bertz CT molecular complexity index is 1250. The molecule has 3 heterocycles. The second kappa shape index (κ2) is 9.45. The van der Waals surface area contributed by atoms with Crippen molar-refractivity contribution in [3.05, 3.63) is 40.3 Å². The lowest BCUT2D eigenvalue weighted by molar-refractivity contribution is -0.138. The molecular formula is C26H34N6O3. The zero-order valence-corrected chi connectivity index (χ0v) is 20.4. The second-order valence-electron chi connectivity index (χ2n) is 10.3. The molecule has 1 saturated carbocycles. The minimum Gasteiger partial charge on any atom is -0.398 e. The third-order valence-electron chi connectivity index (χ3n) is 7.55. The number of rotatable bonds is 5. The van der Waals surface area contributed by atoms with E-state index in [0.717, 1.165) is 31.4 Å². The highest BCUT2D eigenvalue weighted by Crippen LogP contribution is 2.31. The summed E-state index contributed by atoms with van der Waals surface area (Å²) in [6, 6.07) is 0.162. The van der Waals surface area contributed by atoms with Crippen LogP contribution in [0.2, 0.25) is 0 Å². The molecule has 0 radical (unpaired) electrons. The number of allylic oxidation sites excluding steroid dienone is 4. The van der Waals surface area contributed by atoms with Crippen LogP contribution in [0.25, 0.3) is 16.7 Å². The lowest BCUT2D eigenvalue weighted by Gasteiger charge is -2.35. The minimum absolute atomic E-state index is 0.0199. The number of pyridine rings is 1. The molecule has 0 bridgehead atoms. The number of aliphatic hydroxyl groups excluding tert-OH is 1. The van der Waals surface area contributed by atoms with Gasteiger partial charge in [-0.1, -0.05) is 19.9 Å². The van der Waals surface area contributed by atoms with E-state index in [4.69, 9.17) is 10.7 Å². The minimum atomic E-state index is -0.277. The van der Waals surface area contributed by atoms with Crippen LogP contribution in [0.3, 0.4) is 0 Å². The molecule has 35 heavy (non-hydrogen) atoms. The van der Waals surface area contributed by atoms with E-state index in [2.05, 4.69) is 10.3 Å². The predicted octanol–water partition coefficient (Wildman–Crippen LogP) is 2.86. The van der Waals surface area contributed by atoms with Crippen LogP contribution < -0.4 is 16.6 Å². The van der Waals surface area contributed by atoms with Crippen LogP contribution >= 0.6 is 0 Å². The van der Waals surface area contributed by atoms with Gasteiger partial charge in [0.25, 0.3) is 5.56 Å². The molecule has 2 fully saturated rings. The number of aromatic nitrogens is 3. The van der Waals surface area contributed by atoms with Gasteiger partial charge in [-0.3, -0.25) is 14.2 Å². The molecular weight excluding hydrogens is 444 g/mol. The van der Waals surface area contributed by atoms with Crippen molar-refractivity contribution in [3.8, 4) is 0 Å². The molecule has 4 N–H and O–H groups in total. The number of nitrogens with two attached hydrogens (primary N) is 1. The number of piperidine rings is 1. The Kier molecular flexibility index (Phi) is 6.35. The van der Waals surface area contributed by atoms with Gasteiger partial charge in [0.05, 0.1) is 22.9 Å². The number of nitrogens with one attached hydrogen (secondary N) is 1. The quantitative estimate of drug-likeness (QED) is 0.603. The molecule has 5 rings (SSSR count). The van der Waals surface area contributed by atoms with E-state index in [9.17, 15) is 14.7 Å². The summed E-state index contributed by atoms with van der Waals surface area (Å²) in [5.41, 5.74) is 8.56. The number of hydrogen-bond acceptors (Lipinski definition) is 7. The number of carbonyl (C=O) groups is 1. The zero-order chi connectivity index (χ0) is 24.7. The van der Waals surface area contributed by atoms with Crippen LogP contribution in [0.5, 0.6) is 0 Å². The monoisotopic (exact) mass is 478 g/mol. The van der Waals surface area contributed by atoms with Gasteiger partial charge in [0.1, 0.15) is 0 Å². The first kappa shape index (κ1) is 23.5. The number of anilines is 2. The predicted molar refractivity (Wildman–Crippen MR) is 137 cm³/mol. The molecule has 1 aliphatic heterocycles. The number of amides is 1. The van der Waals surface area contributed by atoms with Crippen molar-refractivity contribution in [2.24, 2.45) is 5.92 Å². The molecule has 2 aromatic rings. The van der Waals surface area contributed by atoms with Gasteiger partial charge in [0.15, 0.2) is 5.65 Å². The Morgan fingerprint density at radius 1 is 1.17 bits per heavy atom. The van der Waals surface area contributed by atoms with Gasteiger partial charge in [-0.15, -0.1) is 0 Å². The van der Waals surface area contributed by atoms with Crippen LogP contribution in [-0.4, -0.2) is 55.7 Å². The highest BCUT2D eigenvalue weighted by Gasteiger charge is 2.31. The van der Waals surface area contributed by atoms with Gasteiger partial charge >= 0.3 is 0 Å². The van der Waals surface area contributed by atoms with Crippen molar-refractivity contribution in [2.45, 2.75) is 70.4 Å². The van der Waals surface area contributed by atoms with Crippen molar-refractivity contribution in [3.63, 3.8) is 0 Å². The Balaban J connectivity index is 1.32. The SMILES string of the molecule is CC(C)c1c(N)c2cnc(NC3CCC(C(=O)N4CCC(O)CC4)CC3)nc2n(C2=CC=C2)c1=O. The molecule has 1 saturated heterocycles. The van der Waals surface area contributed by atoms with Crippen molar-refractivity contribution < 1.29 is 9.90 Å². The lowest BCUT2D eigenvalue weighted by Crippen LogP contribution is -2.44. The van der Waals surface area contributed by atoms with Crippen LogP contribution in [0, 0.1) is 5.92 Å². The smallest absolute Gasteiger partial charge is 0.262 e. The molecule has 0 atom stereocenters. The van der Waals surface area contributed by atoms with Crippen LogP contribution in [0.15, 0.2) is 29.2 Å². The molecule has 1 amide bonds. The largest absolute Gasteiger partial charge is 0.398 e. The molecule has 9 nitrogen and oxygen atoms in total. The number of nitrogen functional groups attached to an aromatic ring is 1. The van der Waals surface area contributed by atoms with E-state index in [1.165, 1.54) is 0 Å². The van der Waals surface area contributed by atoms with Crippen LogP contribution in [0.4, 0.5) is 11.6 Å². The number of aliphatic hydroxyl groups is 1. The maximum Gasteiger partial charge on any atom is 0.262 e. The van der Waals surface area contributed by atoms with Crippen LogP contribution in [0.1, 0.15) is 63.9 Å². The van der Waals surface area contributed by atoms with E-state index < -0.39 is 0 Å². The number of fused-ring (bicyclic) bond motifs is 1. The number of likely N-dealkylation sites (tertiary alicyclic amines) is 1. The average Bonchev–Trinajstić information content (AvgIpc) is 2.81. The van der Waals surface area contributed by atoms with E-state index in [0.29, 0.717) is 54.2 Å². The molecule has 2 aliphatic carbocycles. The van der Waals surface area contributed by atoms with Gasteiger partial charge in [-0.2, -0.15) is 4.98 Å². The van der Waals surface area contributed by atoms with Gasteiger partial charge in [0, 0.05) is 36.8 Å². The van der Waals surface area contributed by atoms with Gasteiger partial charge in [0.2, 0.25) is 11.9 Å². The molecule has 0 spiro atoms. The first-order valence-corrected chi connectivity index (χ1v) is 12.7. The Hall–Kier alpha value is -3.20. The highest BCUT2D eigenvalue weighted by atomic mass is 16.3. The van der Waals surface area contributed by atoms with Gasteiger partial charge in [-0.05, 0) is 56.6 Å². The highest BCUT2D eigenvalue weighted by molar-refractivity contribution is 5.92. The summed E-state index contributed by atoms with van der Waals surface area (Å²) >= 11 is 0. The fourth-order valence-corrected chi connectivity index (χ4v) is 5.42. The Morgan fingerprint density at radius 2 is 1.86 bits per heavy atom. The third-order valence-corrected chi connectivity index (χ3v) is 7.55. The zero-order valence-electron chi connectivity index (χ0n) is 20.4. The summed E-state index contributed by atoms with van der Waals surface area (Å²) in [6.07, 6.45) is 11.8. The third kappa shape index (κ3) is 4.45. The van der Waals surface area contributed by atoms with Crippen molar-refractivity contribution in [1.29, 1.82) is 0 Å². The number of nitrogens with zero attached hydrogens (tertiary/aromatic N) is 4. The topological polar surface area (TPSA) is 126 Å². The molecule has 2 aromatic heterocycles. The molecule has 3 aliphatic rings. The van der Waals surface area contributed by atoms with Crippen molar-refractivity contribution in [1.82, 2.24) is 19.4 Å². The molecule has 0 aromatic carbocycles. The fraction of sp³-hybridized carbons (Fsp3) is 0.538. The Morgan fingerprint density at radius 3 is 2.46 bits per heavy atom. The molecule has 186 valence electrons. The van der Waals surface area contributed by atoms with Crippen molar-refractivity contribution >= 4 is 34.3 Å². The van der Waals surface area contributed by atoms with Gasteiger partial charge in [-0.25, -0.2) is 4.98 Å². The summed E-state index contributed by atoms with van der Waals surface area (Å²) in [5, 5.41) is 13.8.